The van der Waals surface area contributed by atoms with Crippen molar-refractivity contribution in [2.45, 2.75) is 5.16 Å². The highest BCUT2D eigenvalue weighted by atomic mass is 79.9. The molecule has 0 unspecified atom stereocenters. The van der Waals surface area contributed by atoms with Crippen LogP contribution in [0.1, 0.15) is 5.56 Å². The SMILES string of the molecule is O=C(CSc1nc2ccccc2c(=O)n1-c1ccc(Br)cc1)NN=Cc1ccccc1O. The van der Waals surface area contributed by atoms with Gasteiger partial charge in [0.15, 0.2) is 5.16 Å². The number of halogens is 1. The molecule has 0 atom stereocenters. The maximum Gasteiger partial charge on any atom is 0.266 e. The van der Waals surface area contributed by atoms with Crippen LogP contribution < -0.4 is 11.0 Å². The molecular formula is C23H17BrN4O3S. The Balaban J connectivity index is 1.57. The summed E-state index contributed by atoms with van der Waals surface area (Å²) in [5, 5.41) is 14.5. The van der Waals surface area contributed by atoms with Crippen molar-refractivity contribution in [3.05, 3.63) is 93.2 Å². The summed E-state index contributed by atoms with van der Waals surface area (Å²) >= 11 is 4.54. The van der Waals surface area contributed by atoms with Crippen LogP contribution in [0.2, 0.25) is 0 Å². The fraction of sp³-hybridized carbons (Fsp3) is 0.0435. The molecule has 1 amide bonds. The zero-order valence-electron chi connectivity index (χ0n) is 16.6. The Morgan fingerprint density at radius 3 is 2.59 bits per heavy atom. The smallest absolute Gasteiger partial charge is 0.266 e. The largest absolute Gasteiger partial charge is 0.507 e. The Labute approximate surface area is 195 Å². The third-order valence-corrected chi connectivity index (χ3v) is 5.96. The Morgan fingerprint density at radius 2 is 1.81 bits per heavy atom. The summed E-state index contributed by atoms with van der Waals surface area (Å²) in [5.74, 6) is -0.301. The summed E-state index contributed by atoms with van der Waals surface area (Å²) in [5.41, 5.74) is 3.91. The van der Waals surface area contributed by atoms with Crippen LogP contribution in [-0.2, 0) is 4.79 Å². The average Bonchev–Trinajstić information content (AvgIpc) is 2.80. The van der Waals surface area contributed by atoms with Gasteiger partial charge in [-0.15, -0.1) is 0 Å². The van der Waals surface area contributed by atoms with Crippen molar-refractivity contribution in [1.29, 1.82) is 0 Å². The van der Waals surface area contributed by atoms with Crippen LogP contribution >= 0.6 is 27.7 Å². The number of amides is 1. The van der Waals surface area contributed by atoms with E-state index in [9.17, 15) is 14.7 Å². The van der Waals surface area contributed by atoms with Gasteiger partial charge in [-0.3, -0.25) is 14.2 Å². The maximum absolute atomic E-state index is 13.2. The second kappa shape index (κ2) is 9.80. The van der Waals surface area contributed by atoms with E-state index in [1.54, 1.807) is 36.4 Å². The van der Waals surface area contributed by atoms with E-state index in [1.165, 1.54) is 16.8 Å². The van der Waals surface area contributed by atoms with Gasteiger partial charge >= 0.3 is 0 Å². The minimum atomic E-state index is -0.369. The number of fused-ring (bicyclic) bond motifs is 1. The summed E-state index contributed by atoms with van der Waals surface area (Å²) in [6.07, 6.45) is 1.37. The molecule has 4 rings (SSSR count). The highest BCUT2D eigenvalue weighted by Crippen LogP contribution is 2.22. The van der Waals surface area contributed by atoms with Gasteiger partial charge < -0.3 is 5.11 Å². The first-order chi connectivity index (χ1) is 15.5. The summed E-state index contributed by atoms with van der Waals surface area (Å²) in [4.78, 5) is 30.1. The normalized spacial score (nSPS) is 11.2. The molecule has 32 heavy (non-hydrogen) atoms. The summed E-state index contributed by atoms with van der Waals surface area (Å²) in [6.45, 7) is 0. The van der Waals surface area contributed by atoms with Crippen LogP contribution in [0.4, 0.5) is 0 Å². The number of carbonyl (C=O) groups excluding carboxylic acids is 1. The van der Waals surface area contributed by atoms with Gasteiger partial charge in [-0.1, -0.05) is 52.0 Å². The van der Waals surface area contributed by atoms with Gasteiger partial charge in [0.1, 0.15) is 5.75 Å². The van der Waals surface area contributed by atoms with Gasteiger partial charge in [-0.25, -0.2) is 10.4 Å². The third kappa shape index (κ3) is 4.90. The molecule has 0 bridgehead atoms. The number of aromatic hydroxyl groups is 1. The van der Waals surface area contributed by atoms with Gasteiger partial charge in [0.05, 0.1) is 28.6 Å². The molecule has 0 fully saturated rings. The number of carbonyl (C=O) groups is 1. The molecule has 0 spiro atoms. The molecule has 7 nitrogen and oxygen atoms in total. The van der Waals surface area contributed by atoms with Crippen molar-refractivity contribution < 1.29 is 9.90 Å². The molecule has 0 saturated heterocycles. The molecule has 9 heteroatoms. The standard InChI is InChI=1S/C23H17BrN4O3S/c24-16-9-11-17(12-10-16)28-22(31)18-6-2-3-7-19(18)26-23(28)32-14-21(30)27-25-13-15-5-1-4-8-20(15)29/h1-13,29H,14H2,(H,27,30). The van der Waals surface area contributed by atoms with Crippen molar-refractivity contribution in [1.82, 2.24) is 15.0 Å². The van der Waals surface area contributed by atoms with E-state index in [4.69, 9.17) is 0 Å². The topological polar surface area (TPSA) is 96.6 Å². The van der Waals surface area contributed by atoms with E-state index in [2.05, 4.69) is 31.4 Å². The molecule has 1 aromatic heterocycles. The molecule has 0 aliphatic rings. The number of hydrogen-bond donors (Lipinski definition) is 2. The number of rotatable bonds is 6. The van der Waals surface area contributed by atoms with Gasteiger partial charge in [-0.05, 0) is 48.5 Å². The van der Waals surface area contributed by atoms with Gasteiger partial charge in [0, 0.05) is 10.0 Å². The van der Waals surface area contributed by atoms with Gasteiger partial charge in [0.2, 0.25) is 0 Å². The average molecular weight is 509 g/mol. The van der Waals surface area contributed by atoms with Crippen LogP contribution in [0, 0.1) is 0 Å². The Bertz CT molecular complexity index is 1370. The Kier molecular flexibility index (Phi) is 6.67. The molecule has 2 N–H and O–H groups in total. The van der Waals surface area contributed by atoms with Crippen molar-refractivity contribution in [3.63, 3.8) is 0 Å². The monoisotopic (exact) mass is 508 g/mol. The molecule has 0 aliphatic heterocycles. The molecular weight excluding hydrogens is 492 g/mol. The van der Waals surface area contributed by atoms with Crippen LogP contribution in [0.3, 0.4) is 0 Å². The predicted octanol–water partition coefficient (Wildman–Crippen LogP) is 4.10. The van der Waals surface area contributed by atoms with E-state index >= 15 is 0 Å². The zero-order chi connectivity index (χ0) is 22.5. The Morgan fingerprint density at radius 1 is 1.09 bits per heavy atom. The summed E-state index contributed by atoms with van der Waals surface area (Å²) < 4.78 is 2.39. The number of phenolic OH excluding ortho intramolecular Hbond substituents is 1. The number of hydrazone groups is 1. The number of hydrogen-bond acceptors (Lipinski definition) is 6. The number of thioether (sulfide) groups is 1. The second-order valence-corrected chi connectivity index (χ2v) is 8.53. The number of para-hydroxylation sites is 2. The van der Waals surface area contributed by atoms with Crippen LogP contribution in [-0.4, -0.2) is 32.5 Å². The second-order valence-electron chi connectivity index (χ2n) is 6.67. The zero-order valence-corrected chi connectivity index (χ0v) is 19.0. The van der Waals surface area contributed by atoms with Crippen molar-refractivity contribution in [2.75, 3.05) is 5.75 Å². The maximum atomic E-state index is 13.2. The van der Waals surface area contributed by atoms with Gasteiger partial charge in [-0.2, -0.15) is 5.10 Å². The molecule has 0 saturated carbocycles. The summed E-state index contributed by atoms with van der Waals surface area (Å²) in [6, 6.07) is 21.1. The lowest BCUT2D eigenvalue weighted by Crippen LogP contribution is -2.24. The van der Waals surface area contributed by atoms with Crippen molar-refractivity contribution in [3.8, 4) is 11.4 Å². The molecule has 3 aromatic carbocycles. The number of benzene rings is 3. The molecule has 1 heterocycles. The number of nitrogens with one attached hydrogen (secondary N) is 1. The minimum Gasteiger partial charge on any atom is -0.507 e. The first kappa shape index (κ1) is 21.8. The van der Waals surface area contributed by atoms with Crippen LogP contribution in [0.15, 0.2) is 92.3 Å². The molecule has 160 valence electrons. The highest BCUT2D eigenvalue weighted by molar-refractivity contribution is 9.10. The van der Waals surface area contributed by atoms with E-state index in [1.807, 2.05) is 30.3 Å². The van der Waals surface area contributed by atoms with Gasteiger partial charge in [0.25, 0.3) is 11.5 Å². The van der Waals surface area contributed by atoms with E-state index in [0.29, 0.717) is 27.3 Å². The minimum absolute atomic E-state index is 0.000575. The Hall–Kier alpha value is -3.43. The summed E-state index contributed by atoms with van der Waals surface area (Å²) in [7, 11) is 0. The molecule has 0 aliphatic carbocycles. The predicted molar refractivity (Wildman–Crippen MR) is 130 cm³/mol. The number of nitrogens with zero attached hydrogens (tertiary/aromatic N) is 3. The highest BCUT2D eigenvalue weighted by Gasteiger charge is 2.14. The fourth-order valence-corrected chi connectivity index (χ4v) is 4.03. The van der Waals surface area contributed by atoms with E-state index in [0.717, 1.165) is 16.2 Å². The lowest BCUT2D eigenvalue weighted by Gasteiger charge is -2.13. The van der Waals surface area contributed by atoms with Crippen LogP contribution in [0.5, 0.6) is 5.75 Å². The first-order valence-electron chi connectivity index (χ1n) is 9.53. The van der Waals surface area contributed by atoms with E-state index < -0.39 is 0 Å². The van der Waals surface area contributed by atoms with E-state index in [-0.39, 0.29) is 23.0 Å². The molecule has 0 radical (unpaired) electrons. The quantitative estimate of drug-likeness (QED) is 0.177. The molecule has 4 aromatic rings. The lowest BCUT2D eigenvalue weighted by atomic mass is 10.2. The fourth-order valence-electron chi connectivity index (χ4n) is 2.96. The lowest BCUT2D eigenvalue weighted by molar-refractivity contribution is -0.118. The van der Waals surface area contributed by atoms with Crippen molar-refractivity contribution >= 4 is 50.7 Å². The first-order valence-corrected chi connectivity index (χ1v) is 11.3. The number of aromatic nitrogens is 2. The van der Waals surface area contributed by atoms with Crippen LogP contribution in [0.25, 0.3) is 16.6 Å². The van der Waals surface area contributed by atoms with Crippen molar-refractivity contribution in [2.24, 2.45) is 5.10 Å². The number of phenols is 1. The third-order valence-electron chi connectivity index (χ3n) is 4.49.